The van der Waals surface area contributed by atoms with E-state index >= 15 is 0 Å². The molecule has 0 spiro atoms. The largest absolute Gasteiger partial charge is 0.465 e. The lowest BCUT2D eigenvalue weighted by Crippen LogP contribution is -2.54. The van der Waals surface area contributed by atoms with Gasteiger partial charge in [-0.3, -0.25) is 24.0 Å². The van der Waals surface area contributed by atoms with E-state index in [1.54, 1.807) is 0 Å². The number of nitrogens with one attached hydrogen (secondary N) is 3. The standard InChI is InChI=1S/C26H37N5O7/c1-15(2)13-20(30-26(37)38)24(35)28-16(3)21(32)25(36)31-11-9-18(10-12-31)23(34)29-19(22(27)33)14-17-7-5-4-6-8-17/h4-8,15-16,18-20,30H,9-14H2,1-3H3,(H2,27,33)(H,28,35)(H,29,34)(H,37,38)/t16?,19?,20-/m0/s1. The number of Topliss-reactive ketones (excluding diaryl/α,β-unsaturated/α-hetero) is 1. The van der Waals surface area contributed by atoms with Crippen molar-refractivity contribution in [1.82, 2.24) is 20.9 Å². The molecule has 3 atom stereocenters. The molecule has 38 heavy (non-hydrogen) atoms. The molecule has 1 aromatic rings. The van der Waals surface area contributed by atoms with Crippen molar-refractivity contribution in [3.05, 3.63) is 35.9 Å². The zero-order valence-electron chi connectivity index (χ0n) is 21.9. The second-order valence-electron chi connectivity index (χ2n) is 9.95. The average Bonchev–Trinajstić information content (AvgIpc) is 2.87. The fourth-order valence-corrected chi connectivity index (χ4v) is 4.28. The number of rotatable bonds is 12. The summed E-state index contributed by atoms with van der Waals surface area (Å²) in [5, 5.41) is 16.2. The zero-order chi connectivity index (χ0) is 28.4. The summed E-state index contributed by atoms with van der Waals surface area (Å²) < 4.78 is 0. The van der Waals surface area contributed by atoms with Crippen LogP contribution in [0.25, 0.3) is 0 Å². The van der Waals surface area contributed by atoms with Crippen LogP contribution in [0, 0.1) is 11.8 Å². The molecule has 1 aliphatic heterocycles. The van der Waals surface area contributed by atoms with Gasteiger partial charge >= 0.3 is 6.09 Å². The number of hydrogen-bond donors (Lipinski definition) is 5. The zero-order valence-corrected chi connectivity index (χ0v) is 21.9. The second-order valence-corrected chi connectivity index (χ2v) is 9.95. The molecular formula is C26H37N5O7. The van der Waals surface area contributed by atoms with E-state index in [-0.39, 0.29) is 37.8 Å². The van der Waals surface area contributed by atoms with Crippen LogP contribution in [0.1, 0.15) is 45.6 Å². The van der Waals surface area contributed by atoms with E-state index in [2.05, 4.69) is 16.0 Å². The predicted molar refractivity (Wildman–Crippen MR) is 138 cm³/mol. The van der Waals surface area contributed by atoms with Crippen LogP contribution >= 0.6 is 0 Å². The van der Waals surface area contributed by atoms with Gasteiger partial charge in [0, 0.05) is 25.4 Å². The topological polar surface area (TPSA) is 188 Å². The van der Waals surface area contributed by atoms with Crippen molar-refractivity contribution >= 4 is 35.5 Å². The summed E-state index contributed by atoms with van der Waals surface area (Å²) in [6.45, 7) is 5.31. The maximum Gasteiger partial charge on any atom is 0.405 e. The molecule has 1 heterocycles. The molecule has 5 amide bonds. The Morgan fingerprint density at radius 1 is 0.947 bits per heavy atom. The number of carboxylic acid groups (broad SMARTS) is 1. The maximum absolute atomic E-state index is 12.8. The summed E-state index contributed by atoms with van der Waals surface area (Å²) in [6, 6.07) is 6.08. The second kappa shape index (κ2) is 14.1. The Bertz CT molecular complexity index is 1020. The number of carbonyl (C=O) groups excluding carboxylic acids is 5. The predicted octanol–water partition coefficient (Wildman–Crippen LogP) is 0.194. The molecule has 6 N–H and O–H groups in total. The van der Waals surface area contributed by atoms with Gasteiger partial charge in [0.2, 0.25) is 23.5 Å². The van der Waals surface area contributed by atoms with Gasteiger partial charge in [-0.05, 0) is 37.7 Å². The van der Waals surface area contributed by atoms with Crippen molar-refractivity contribution in [1.29, 1.82) is 0 Å². The van der Waals surface area contributed by atoms with Gasteiger partial charge in [-0.1, -0.05) is 44.2 Å². The van der Waals surface area contributed by atoms with E-state index in [4.69, 9.17) is 10.8 Å². The molecule has 12 heteroatoms. The Balaban J connectivity index is 1.88. The van der Waals surface area contributed by atoms with Crippen LogP contribution in [0.2, 0.25) is 0 Å². The van der Waals surface area contributed by atoms with E-state index in [0.717, 1.165) is 5.56 Å². The van der Waals surface area contributed by atoms with Crippen LogP contribution in [-0.2, 0) is 30.4 Å². The number of nitrogens with two attached hydrogens (primary N) is 1. The minimum Gasteiger partial charge on any atom is -0.465 e. The number of benzene rings is 1. The Morgan fingerprint density at radius 2 is 1.55 bits per heavy atom. The van der Waals surface area contributed by atoms with Crippen LogP contribution < -0.4 is 21.7 Å². The molecule has 0 radical (unpaired) electrons. The molecule has 1 aromatic carbocycles. The molecule has 2 rings (SSSR count). The van der Waals surface area contributed by atoms with Crippen molar-refractivity contribution in [2.24, 2.45) is 17.6 Å². The molecule has 0 aromatic heterocycles. The van der Waals surface area contributed by atoms with Crippen LogP contribution in [0.15, 0.2) is 30.3 Å². The third-order valence-electron chi connectivity index (χ3n) is 6.38. The normalized spacial score (nSPS) is 16.2. The summed E-state index contributed by atoms with van der Waals surface area (Å²) in [5.74, 6) is -3.75. The highest BCUT2D eigenvalue weighted by Gasteiger charge is 2.34. The van der Waals surface area contributed by atoms with Gasteiger partial charge in [0.05, 0.1) is 6.04 Å². The van der Waals surface area contributed by atoms with E-state index in [0.29, 0.717) is 12.8 Å². The molecule has 208 valence electrons. The minimum absolute atomic E-state index is 0.0142. The number of carbonyl (C=O) groups is 6. The molecule has 0 saturated carbocycles. The number of ketones is 1. The molecule has 0 aliphatic carbocycles. The van der Waals surface area contributed by atoms with Crippen LogP contribution in [0.4, 0.5) is 4.79 Å². The van der Waals surface area contributed by atoms with Gasteiger partial charge < -0.3 is 31.7 Å². The van der Waals surface area contributed by atoms with Crippen molar-refractivity contribution in [2.75, 3.05) is 13.1 Å². The number of likely N-dealkylation sites (tertiary alicyclic amines) is 1. The first-order valence-corrected chi connectivity index (χ1v) is 12.7. The van der Waals surface area contributed by atoms with Crippen LogP contribution in [-0.4, -0.2) is 76.7 Å². The fraction of sp³-hybridized carbons (Fsp3) is 0.538. The monoisotopic (exact) mass is 531 g/mol. The lowest BCUT2D eigenvalue weighted by atomic mass is 9.94. The van der Waals surface area contributed by atoms with Gasteiger partial charge in [0.1, 0.15) is 12.1 Å². The Kier molecular flexibility index (Phi) is 11.2. The van der Waals surface area contributed by atoms with Crippen molar-refractivity contribution in [3.63, 3.8) is 0 Å². The Labute approximate surface area is 221 Å². The quantitative estimate of drug-likeness (QED) is 0.238. The molecule has 12 nitrogen and oxygen atoms in total. The number of primary amides is 1. The third-order valence-corrected chi connectivity index (χ3v) is 6.38. The Morgan fingerprint density at radius 3 is 2.08 bits per heavy atom. The van der Waals surface area contributed by atoms with E-state index < -0.39 is 53.6 Å². The molecule has 1 aliphatic rings. The van der Waals surface area contributed by atoms with Gasteiger partial charge in [0.25, 0.3) is 5.91 Å². The number of amides is 5. The van der Waals surface area contributed by atoms with Crippen molar-refractivity contribution < 1.29 is 33.9 Å². The summed E-state index contributed by atoms with van der Waals surface area (Å²) in [6.07, 6.45) is -0.292. The summed E-state index contributed by atoms with van der Waals surface area (Å²) >= 11 is 0. The fourth-order valence-electron chi connectivity index (χ4n) is 4.28. The van der Waals surface area contributed by atoms with Crippen molar-refractivity contribution in [2.45, 2.75) is 64.6 Å². The number of piperidine rings is 1. The maximum atomic E-state index is 12.8. The molecule has 1 fully saturated rings. The van der Waals surface area contributed by atoms with E-state index in [1.165, 1.54) is 11.8 Å². The van der Waals surface area contributed by atoms with Gasteiger partial charge in [-0.15, -0.1) is 0 Å². The highest BCUT2D eigenvalue weighted by atomic mass is 16.4. The first-order valence-electron chi connectivity index (χ1n) is 12.7. The SMILES string of the molecule is CC(C)C[C@H](NC(=O)O)C(=O)NC(C)C(=O)C(=O)N1CCC(C(=O)NC(Cc2ccccc2)C(N)=O)CC1. The van der Waals surface area contributed by atoms with Crippen molar-refractivity contribution in [3.8, 4) is 0 Å². The first-order chi connectivity index (χ1) is 17.9. The smallest absolute Gasteiger partial charge is 0.405 e. The van der Waals surface area contributed by atoms with Gasteiger partial charge in [0.15, 0.2) is 0 Å². The lowest BCUT2D eigenvalue weighted by molar-refractivity contribution is -0.147. The first kappa shape index (κ1) is 30.3. The molecule has 2 unspecified atom stereocenters. The summed E-state index contributed by atoms with van der Waals surface area (Å²) in [5.41, 5.74) is 6.33. The average molecular weight is 532 g/mol. The van der Waals surface area contributed by atoms with E-state index in [1.807, 2.05) is 44.2 Å². The highest BCUT2D eigenvalue weighted by molar-refractivity contribution is 6.38. The van der Waals surface area contributed by atoms with Gasteiger partial charge in [-0.25, -0.2) is 4.79 Å². The highest BCUT2D eigenvalue weighted by Crippen LogP contribution is 2.18. The Hall–Kier alpha value is -3.96. The van der Waals surface area contributed by atoms with Crippen LogP contribution in [0.3, 0.4) is 0 Å². The summed E-state index contributed by atoms with van der Waals surface area (Å²) in [7, 11) is 0. The number of nitrogens with zero attached hydrogens (tertiary/aromatic N) is 1. The van der Waals surface area contributed by atoms with Crippen LogP contribution in [0.5, 0.6) is 0 Å². The third kappa shape index (κ3) is 9.16. The lowest BCUT2D eigenvalue weighted by Gasteiger charge is -2.32. The van der Waals surface area contributed by atoms with Gasteiger partial charge in [-0.2, -0.15) is 0 Å². The molecule has 1 saturated heterocycles. The summed E-state index contributed by atoms with van der Waals surface area (Å²) in [4.78, 5) is 74.9. The molecular weight excluding hydrogens is 494 g/mol. The minimum atomic E-state index is -1.37. The molecule has 0 bridgehead atoms. The number of hydrogen-bond acceptors (Lipinski definition) is 6. The van der Waals surface area contributed by atoms with E-state index in [9.17, 15) is 28.8 Å².